The first-order valence-electron chi connectivity index (χ1n) is 6.05. The summed E-state index contributed by atoms with van der Waals surface area (Å²) in [6.45, 7) is 0.0868. The summed E-state index contributed by atoms with van der Waals surface area (Å²) in [7, 11) is -6.83. The number of nitrogen functional groups attached to an aromatic ring is 1. The summed E-state index contributed by atoms with van der Waals surface area (Å²) in [6, 6.07) is 3.09. The molecule has 0 aromatic heterocycles. The lowest BCUT2D eigenvalue weighted by molar-refractivity contribution is 0.543. The van der Waals surface area contributed by atoms with Gasteiger partial charge in [-0.15, -0.1) is 0 Å². The van der Waals surface area contributed by atoms with Crippen molar-refractivity contribution >= 4 is 57.4 Å². The summed E-state index contributed by atoms with van der Waals surface area (Å²) >= 11 is 6.41. The summed E-state index contributed by atoms with van der Waals surface area (Å²) in [5, 5.41) is 0. The largest absolute Gasteiger partial charge is 0.398 e. The number of nitrogens with two attached hydrogens (primary N) is 1. The van der Waals surface area contributed by atoms with Crippen LogP contribution < -0.4 is 10.5 Å². The molecule has 3 N–H and O–H groups in total. The van der Waals surface area contributed by atoms with Crippen LogP contribution in [0, 0.1) is 5.92 Å². The van der Waals surface area contributed by atoms with Crippen molar-refractivity contribution in [1.29, 1.82) is 0 Å². The minimum absolute atomic E-state index is 0.0203. The van der Waals surface area contributed by atoms with Crippen molar-refractivity contribution in [2.24, 2.45) is 5.92 Å². The number of anilines is 1. The van der Waals surface area contributed by atoms with Gasteiger partial charge in [0.1, 0.15) is 4.90 Å². The molecule has 10 heteroatoms. The lowest BCUT2D eigenvalue weighted by Crippen LogP contribution is -2.30. The highest BCUT2D eigenvalue weighted by Crippen LogP contribution is 2.31. The monoisotopic (exact) mass is 460 g/mol. The van der Waals surface area contributed by atoms with Crippen LogP contribution in [0.25, 0.3) is 0 Å². The van der Waals surface area contributed by atoms with Gasteiger partial charge in [0.15, 0.2) is 9.84 Å². The number of benzene rings is 1. The van der Waals surface area contributed by atoms with Gasteiger partial charge in [0.25, 0.3) is 0 Å². The van der Waals surface area contributed by atoms with Gasteiger partial charge in [-0.1, -0.05) is 15.9 Å². The molecule has 1 aromatic rings. The van der Waals surface area contributed by atoms with Crippen LogP contribution in [0.15, 0.2) is 26.0 Å². The Bertz CT molecular complexity index is 739. The number of hydrogen-bond donors (Lipinski definition) is 2. The van der Waals surface area contributed by atoms with E-state index in [1.807, 2.05) is 0 Å². The van der Waals surface area contributed by atoms with Gasteiger partial charge in [-0.25, -0.2) is 21.6 Å². The van der Waals surface area contributed by atoms with E-state index in [0.717, 1.165) is 0 Å². The Kier molecular flexibility index (Phi) is 5.04. The van der Waals surface area contributed by atoms with Crippen LogP contribution in [0.4, 0.5) is 5.69 Å². The van der Waals surface area contributed by atoms with Crippen LogP contribution >= 0.6 is 31.9 Å². The van der Waals surface area contributed by atoms with E-state index in [0.29, 0.717) is 15.4 Å². The van der Waals surface area contributed by atoms with Gasteiger partial charge in [0, 0.05) is 15.5 Å². The molecule has 0 saturated carbocycles. The minimum atomic E-state index is -3.80. The summed E-state index contributed by atoms with van der Waals surface area (Å²) in [5.41, 5.74) is 5.87. The SMILES string of the molecule is Nc1cc(Br)cc(Br)c1S(=O)(=O)NCC1CCS(=O)(=O)C1. The average Bonchev–Trinajstić information content (AvgIpc) is 2.65. The Balaban J connectivity index is 2.17. The Labute approximate surface area is 140 Å². The first-order chi connectivity index (χ1) is 9.61. The molecule has 2 rings (SSSR count). The second kappa shape index (κ2) is 6.15. The molecule has 0 aliphatic carbocycles. The van der Waals surface area contributed by atoms with Gasteiger partial charge < -0.3 is 5.73 Å². The standard InChI is InChI=1S/C11H14Br2N2O4S2/c12-8-3-9(13)11(10(14)4-8)21(18,19)15-5-7-1-2-20(16,17)6-7/h3-4,7,15H,1-2,5-6,14H2. The fourth-order valence-corrected chi connectivity index (χ4v) is 7.24. The predicted molar refractivity (Wildman–Crippen MR) is 88.2 cm³/mol. The number of halogens is 2. The molecule has 0 bridgehead atoms. The maximum atomic E-state index is 12.3. The molecule has 1 aliphatic heterocycles. The molecule has 1 atom stereocenters. The van der Waals surface area contributed by atoms with E-state index in [-0.39, 0.29) is 34.6 Å². The van der Waals surface area contributed by atoms with E-state index in [1.165, 1.54) is 6.07 Å². The molecule has 0 spiro atoms. The number of hydrogen-bond acceptors (Lipinski definition) is 5. The average molecular weight is 462 g/mol. The van der Waals surface area contributed by atoms with Gasteiger partial charge in [0.05, 0.1) is 17.2 Å². The van der Waals surface area contributed by atoms with E-state index < -0.39 is 19.9 Å². The van der Waals surface area contributed by atoms with Crippen LogP contribution in [0.3, 0.4) is 0 Å². The van der Waals surface area contributed by atoms with Crippen molar-refractivity contribution in [2.45, 2.75) is 11.3 Å². The number of nitrogens with one attached hydrogen (secondary N) is 1. The van der Waals surface area contributed by atoms with Crippen molar-refractivity contribution < 1.29 is 16.8 Å². The number of sulfone groups is 1. The molecule has 0 amide bonds. The van der Waals surface area contributed by atoms with Crippen LogP contribution in [0.5, 0.6) is 0 Å². The number of sulfonamides is 1. The molecule has 0 radical (unpaired) electrons. The summed E-state index contributed by atoms with van der Waals surface area (Å²) in [6.07, 6.45) is 0.474. The molecule has 1 heterocycles. The summed E-state index contributed by atoms with van der Waals surface area (Å²) in [4.78, 5) is -0.0356. The minimum Gasteiger partial charge on any atom is -0.398 e. The lowest BCUT2D eigenvalue weighted by atomic mass is 10.1. The molecular formula is C11H14Br2N2O4S2. The van der Waals surface area contributed by atoms with Crippen molar-refractivity contribution in [2.75, 3.05) is 23.8 Å². The zero-order chi connectivity index (χ0) is 15.8. The molecule has 6 nitrogen and oxygen atoms in total. The van der Waals surface area contributed by atoms with Gasteiger partial charge >= 0.3 is 0 Å². The quantitative estimate of drug-likeness (QED) is 0.661. The molecule has 1 aromatic carbocycles. The smallest absolute Gasteiger partial charge is 0.243 e. The first kappa shape index (κ1) is 17.2. The Morgan fingerprint density at radius 1 is 1.33 bits per heavy atom. The first-order valence-corrected chi connectivity index (χ1v) is 10.9. The molecule has 1 aliphatic rings. The normalized spacial score (nSPS) is 21.5. The zero-order valence-corrected chi connectivity index (χ0v) is 15.6. The Morgan fingerprint density at radius 2 is 2.00 bits per heavy atom. The van der Waals surface area contributed by atoms with Gasteiger partial charge in [-0.05, 0) is 40.4 Å². The van der Waals surface area contributed by atoms with Crippen LogP contribution in [0.2, 0.25) is 0 Å². The van der Waals surface area contributed by atoms with Gasteiger partial charge in [0.2, 0.25) is 10.0 Å². The molecule has 1 saturated heterocycles. The molecule has 1 unspecified atom stereocenters. The summed E-state index contributed by atoms with van der Waals surface area (Å²) in [5.74, 6) is -0.0593. The predicted octanol–water partition coefficient (Wildman–Crippen LogP) is 1.51. The molecular weight excluding hydrogens is 448 g/mol. The fraction of sp³-hybridized carbons (Fsp3) is 0.455. The third kappa shape index (κ3) is 4.19. The Morgan fingerprint density at radius 3 is 2.52 bits per heavy atom. The van der Waals surface area contributed by atoms with Crippen molar-refractivity contribution in [1.82, 2.24) is 4.72 Å². The van der Waals surface area contributed by atoms with Crippen molar-refractivity contribution in [3.63, 3.8) is 0 Å². The topological polar surface area (TPSA) is 106 Å². The fourth-order valence-electron chi connectivity index (χ4n) is 2.20. The lowest BCUT2D eigenvalue weighted by Gasteiger charge is -2.13. The Hall–Kier alpha value is -0.160. The van der Waals surface area contributed by atoms with E-state index in [2.05, 4.69) is 36.6 Å². The maximum absolute atomic E-state index is 12.3. The van der Waals surface area contributed by atoms with E-state index in [1.54, 1.807) is 6.07 Å². The van der Waals surface area contributed by atoms with E-state index in [4.69, 9.17) is 5.73 Å². The van der Waals surface area contributed by atoms with Crippen molar-refractivity contribution in [3.05, 3.63) is 21.1 Å². The zero-order valence-electron chi connectivity index (χ0n) is 10.8. The third-order valence-electron chi connectivity index (χ3n) is 3.19. The maximum Gasteiger partial charge on any atom is 0.243 e. The summed E-state index contributed by atoms with van der Waals surface area (Å²) < 4.78 is 50.8. The third-order valence-corrected chi connectivity index (χ3v) is 7.92. The van der Waals surface area contributed by atoms with Crippen LogP contribution in [-0.4, -0.2) is 34.9 Å². The second-order valence-electron chi connectivity index (χ2n) is 4.93. The van der Waals surface area contributed by atoms with E-state index in [9.17, 15) is 16.8 Å². The van der Waals surface area contributed by atoms with Crippen molar-refractivity contribution in [3.8, 4) is 0 Å². The molecule has 1 fully saturated rings. The van der Waals surface area contributed by atoms with Crippen LogP contribution in [-0.2, 0) is 19.9 Å². The van der Waals surface area contributed by atoms with Gasteiger partial charge in [-0.3, -0.25) is 0 Å². The second-order valence-corrected chi connectivity index (χ2v) is 10.6. The highest BCUT2D eigenvalue weighted by Gasteiger charge is 2.30. The molecule has 118 valence electrons. The van der Waals surface area contributed by atoms with Crippen LogP contribution in [0.1, 0.15) is 6.42 Å². The molecule has 21 heavy (non-hydrogen) atoms. The van der Waals surface area contributed by atoms with E-state index >= 15 is 0 Å². The van der Waals surface area contributed by atoms with Gasteiger partial charge in [-0.2, -0.15) is 0 Å². The highest BCUT2D eigenvalue weighted by atomic mass is 79.9. The number of rotatable bonds is 4. The highest BCUT2D eigenvalue weighted by molar-refractivity contribution is 9.11.